The number of H-pyrrole nitrogens is 1. The average molecular weight is 277 g/mol. The predicted octanol–water partition coefficient (Wildman–Crippen LogP) is 1.79. The van der Waals surface area contributed by atoms with Crippen LogP contribution in [0.25, 0.3) is 0 Å². The topological polar surface area (TPSA) is 67.0 Å². The Morgan fingerprint density at radius 3 is 3.42 bits per heavy atom. The number of aromatic nitrogens is 2. The number of carbonyl (C=O) groups is 1. The first-order valence-corrected chi connectivity index (χ1v) is 7.13. The molecule has 0 saturated heterocycles. The van der Waals surface area contributed by atoms with Crippen molar-refractivity contribution in [3.63, 3.8) is 0 Å². The summed E-state index contributed by atoms with van der Waals surface area (Å²) in [5, 5.41) is 4.91. The van der Waals surface area contributed by atoms with Crippen molar-refractivity contribution in [1.82, 2.24) is 15.3 Å². The molecule has 1 atom stereocenters. The molecule has 0 radical (unpaired) electrons. The number of nitrogens with one attached hydrogen (secondary N) is 2. The minimum atomic E-state index is -0.0969. The van der Waals surface area contributed by atoms with Crippen molar-refractivity contribution >= 4 is 17.2 Å². The molecule has 2 N–H and O–H groups in total. The van der Waals surface area contributed by atoms with Gasteiger partial charge < -0.3 is 15.0 Å². The summed E-state index contributed by atoms with van der Waals surface area (Å²) in [6.45, 7) is 1.12. The largest absolute Gasteiger partial charge is 0.372 e. The lowest BCUT2D eigenvalue weighted by Gasteiger charge is -2.22. The van der Waals surface area contributed by atoms with Crippen molar-refractivity contribution in [2.45, 2.75) is 25.5 Å². The van der Waals surface area contributed by atoms with Crippen molar-refractivity contribution in [3.05, 3.63) is 40.1 Å². The molecule has 0 bridgehead atoms. The van der Waals surface area contributed by atoms with E-state index in [2.05, 4.69) is 26.7 Å². The summed E-state index contributed by atoms with van der Waals surface area (Å²) >= 11 is 1.67. The number of rotatable bonds is 4. The third kappa shape index (κ3) is 2.85. The fourth-order valence-corrected chi connectivity index (χ4v) is 3.20. The van der Waals surface area contributed by atoms with Crippen LogP contribution in [0.2, 0.25) is 0 Å². The Kier molecular flexibility index (Phi) is 3.61. The van der Waals surface area contributed by atoms with Crippen LogP contribution in [-0.4, -0.2) is 22.5 Å². The number of hydrogen-bond acceptors (Lipinski definition) is 4. The summed E-state index contributed by atoms with van der Waals surface area (Å²) in [5.74, 6) is 0.748. The first-order chi connectivity index (χ1) is 9.33. The van der Waals surface area contributed by atoms with Crippen LogP contribution in [-0.2, 0) is 22.5 Å². The van der Waals surface area contributed by atoms with Gasteiger partial charge in [0, 0.05) is 17.3 Å². The van der Waals surface area contributed by atoms with E-state index in [1.165, 1.54) is 10.4 Å². The molecule has 19 heavy (non-hydrogen) atoms. The molecule has 0 fully saturated rings. The van der Waals surface area contributed by atoms with Crippen LogP contribution < -0.4 is 5.32 Å². The molecule has 0 aliphatic carbocycles. The summed E-state index contributed by atoms with van der Waals surface area (Å²) in [6.07, 6.45) is 4.63. The van der Waals surface area contributed by atoms with E-state index in [-0.39, 0.29) is 12.0 Å². The smallest absolute Gasteiger partial charge is 0.223 e. The summed E-state index contributed by atoms with van der Waals surface area (Å²) in [7, 11) is 0. The standard InChI is InChI=1S/C13H15N3O2S/c17-12(16-8-11-14-3-4-15-11)7-10-13-9(1-5-18-10)2-6-19-13/h2-4,6,10H,1,5,7-8H2,(H,14,15)(H,16,17). The van der Waals surface area contributed by atoms with Gasteiger partial charge in [0.15, 0.2) is 0 Å². The maximum atomic E-state index is 11.9. The van der Waals surface area contributed by atoms with Gasteiger partial charge >= 0.3 is 0 Å². The summed E-state index contributed by atoms with van der Waals surface area (Å²) in [5.41, 5.74) is 1.32. The molecule has 1 aliphatic rings. The highest BCUT2D eigenvalue weighted by Crippen LogP contribution is 2.33. The maximum absolute atomic E-state index is 11.9. The van der Waals surface area contributed by atoms with Crippen LogP contribution in [0, 0.1) is 0 Å². The average Bonchev–Trinajstić information content (AvgIpc) is 3.08. The molecule has 100 valence electrons. The van der Waals surface area contributed by atoms with E-state index in [0.29, 0.717) is 19.6 Å². The van der Waals surface area contributed by atoms with Gasteiger partial charge in [-0.2, -0.15) is 0 Å². The second-order valence-electron chi connectivity index (χ2n) is 4.44. The van der Waals surface area contributed by atoms with Crippen LogP contribution >= 0.6 is 11.3 Å². The highest BCUT2D eigenvalue weighted by atomic mass is 32.1. The van der Waals surface area contributed by atoms with Gasteiger partial charge in [-0.1, -0.05) is 0 Å². The Labute approximate surface area is 115 Å². The lowest BCUT2D eigenvalue weighted by Crippen LogP contribution is -2.27. The van der Waals surface area contributed by atoms with Crippen molar-refractivity contribution in [3.8, 4) is 0 Å². The van der Waals surface area contributed by atoms with E-state index in [0.717, 1.165) is 12.2 Å². The zero-order chi connectivity index (χ0) is 13.1. The second-order valence-corrected chi connectivity index (χ2v) is 5.38. The zero-order valence-corrected chi connectivity index (χ0v) is 11.2. The lowest BCUT2D eigenvalue weighted by molar-refractivity contribution is -0.124. The van der Waals surface area contributed by atoms with Crippen LogP contribution in [0.15, 0.2) is 23.8 Å². The fourth-order valence-electron chi connectivity index (χ4n) is 2.19. The van der Waals surface area contributed by atoms with Crippen molar-refractivity contribution in [1.29, 1.82) is 0 Å². The molecule has 3 heterocycles. The van der Waals surface area contributed by atoms with Gasteiger partial charge in [0.25, 0.3) is 0 Å². The monoisotopic (exact) mass is 277 g/mol. The second kappa shape index (κ2) is 5.54. The van der Waals surface area contributed by atoms with Crippen molar-refractivity contribution in [2.24, 2.45) is 0 Å². The maximum Gasteiger partial charge on any atom is 0.223 e. The Hall–Kier alpha value is -1.66. The third-order valence-electron chi connectivity index (χ3n) is 3.14. The molecule has 0 saturated carbocycles. The molecule has 1 aliphatic heterocycles. The number of aromatic amines is 1. The van der Waals surface area contributed by atoms with E-state index in [1.54, 1.807) is 23.7 Å². The third-order valence-corrected chi connectivity index (χ3v) is 4.19. The first-order valence-electron chi connectivity index (χ1n) is 6.26. The number of hydrogen-bond donors (Lipinski definition) is 2. The predicted molar refractivity (Wildman–Crippen MR) is 71.8 cm³/mol. The highest BCUT2D eigenvalue weighted by molar-refractivity contribution is 7.10. The van der Waals surface area contributed by atoms with Gasteiger partial charge in [0.1, 0.15) is 11.9 Å². The minimum Gasteiger partial charge on any atom is -0.372 e. The van der Waals surface area contributed by atoms with E-state index >= 15 is 0 Å². The molecule has 0 spiro atoms. The van der Waals surface area contributed by atoms with Gasteiger partial charge in [0.05, 0.1) is 19.6 Å². The van der Waals surface area contributed by atoms with E-state index < -0.39 is 0 Å². The number of thiophene rings is 1. The first kappa shape index (κ1) is 12.4. The molecule has 6 heteroatoms. The van der Waals surface area contributed by atoms with Gasteiger partial charge in [0.2, 0.25) is 5.91 Å². The molecule has 2 aromatic heterocycles. The number of amides is 1. The molecule has 3 rings (SSSR count). The van der Waals surface area contributed by atoms with E-state index in [9.17, 15) is 4.79 Å². The normalized spacial score (nSPS) is 18.0. The van der Waals surface area contributed by atoms with E-state index in [4.69, 9.17) is 4.74 Å². The van der Waals surface area contributed by atoms with Gasteiger partial charge in [-0.3, -0.25) is 4.79 Å². The quantitative estimate of drug-likeness (QED) is 0.895. The number of imidazole rings is 1. The number of ether oxygens (including phenoxy) is 1. The van der Waals surface area contributed by atoms with Crippen LogP contribution in [0.1, 0.15) is 28.8 Å². The Morgan fingerprint density at radius 2 is 2.58 bits per heavy atom. The number of nitrogens with zero attached hydrogens (tertiary/aromatic N) is 1. The van der Waals surface area contributed by atoms with Crippen LogP contribution in [0.4, 0.5) is 0 Å². The summed E-state index contributed by atoms with van der Waals surface area (Å²) < 4.78 is 5.70. The van der Waals surface area contributed by atoms with Gasteiger partial charge in [-0.05, 0) is 23.4 Å². The number of fused-ring (bicyclic) bond motifs is 1. The van der Waals surface area contributed by atoms with Crippen molar-refractivity contribution < 1.29 is 9.53 Å². The molecule has 1 unspecified atom stereocenters. The van der Waals surface area contributed by atoms with Crippen LogP contribution in [0.3, 0.4) is 0 Å². The molecule has 1 amide bonds. The van der Waals surface area contributed by atoms with Gasteiger partial charge in [-0.15, -0.1) is 11.3 Å². The Morgan fingerprint density at radius 1 is 1.63 bits per heavy atom. The highest BCUT2D eigenvalue weighted by Gasteiger charge is 2.24. The molecular weight excluding hydrogens is 262 g/mol. The van der Waals surface area contributed by atoms with Crippen LogP contribution in [0.5, 0.6) is 0 Å². The minimum absolute atomic E-state index is 0.0114. The summed E-state index contributed by atoms with van der Waals surface area (Å²) in [6, 6.07) is 2.12. The Balaban J connectivity index is 1.56. The SMILES string of the molecule is O=C(CC1OCCc2ccsc21)NCc1ncc[nH]1. The lowest BCUT2D eigenvalue weighted by atomic mass is 10.1. The summed E-state index contributed by atoms with van der Waals surface area (Å²) in [4.78, 5) is 20.1. The molecule has 2 aromatic rings. The fraction of sp³-hybridized carbons (Fsp3) is 0.385. The zero-order valence-electron chi connectivity index (χ0n) is 10.4. The van der Waals surface area contributed by atoms with E-state index in [1.807, 2.05) is 0 Å². The van der Waals surface area contributed by atoms with Gasteiger partial charge in [-0.25, -0.2) is 4.98 Å². The molecule has 0 aromatic carbocycles. The van der Waals surface area contributed by atoms with Crippen molar-refractivity contribution in [2.75, 3.05) is 6.61 Å². The Bertz CT molecular complexity index is 550. The molecule has 5 nitrogen and oxygen atoms in total. The number of carbonyl (C=O) groups excluding carboxylic acids is 1. The molecular formula is C13H15N3O2S.